The number of rotatable bonds is 3. The molecule has 2 aliphatic rings. The summed E-state index contributed by atoms with van der Waals surface area (Å²) in [7, 11) is 1.71. The minimum absolute atomic E-state index is 0.0514. The molecule has 0 aromatic carbocycles. The molecular formula is C11H21N3O2. The number of ether oxygens (including phenoxy) is 1. The van der Waals surface area contributed by atoms with Crippen molar-refractivity contribution in [2.24, 2.45) is 0 Å². The van der Waals surface area contributed by atoms with Gasteiger partial charge in [-0.3, -0.25) is 9.69 Å². The third kappa shape index (κ3) is 2.72. The number of morpholine rings is 1. The predicted molar refractivity (Wildman–Crippen MR) is 61.3 cm³/mol. The van der Waals surface area contributed by atoms with Gasteiger partial charge in [0, 0.05) is 26.7 Å². The molecule has 0 bridgehead atoms. The minimum atomic E-state index is 0.0514. The Hall–Kier alpha value is -0.650. The fourth-order valence-electron chi connectivity index (χ4n) is 2.51. The Bertz CT molecular complexity index is 241. The maximum atomic E-state index is 11.7. The number of likely N-dealkylation sites (tertiary alicyclic amines) is 1. The number of nitrogens with zero attached hydrogens (tertiary/aromatic N) is 1. The van der Waals surface area contributed by atoms with Gasteiger partial charge in [-0.15, -0.1) is 0 Å². The first kappa shape index (κ1) is 11.8. The lowest BCUT2D eigenvalue weighted by Gasteiger charge is -2.30. The lowest BCUT2D eigenvalue weighted by Crippen LogP contribution is -2.49. The molecule has 0 aliphatic carbocycles. The molecule has 2 rings (SSSR count). The molecule has 2 N–H and O–H groups in total. The number of carbonyl (C=O) groups excluding carboxylic acids is 1. The highest BCUT2D eigenvalue weighted by atomic mass is 16.5. The number of hydrogen-bond acceptors (Lipinski definition) is 4. The van der Waals surface area contributed by atoms with Crippen molar-refractivity contribution in [1.29, 1.82) is 0 Å². The highest BCUT2D eigenvalue weighted by Crippen LogP contribution is 2.18. The topological polar surface area (TPSA) is 53.6 Å². The SMILES string of the molecule is CNC(=O)C1CCCN1CC1CNCCO1. The van der Waals surface area contributed by atoms with Gasteiger partial charge in [0.1, 0.15) is 0 Å². The zero-order chi connectivity index (χ0) is 11.4. The van der Waals surface area contributed by atoms with E-state index in [1.165, 1.54) is 0 Å². The van der Waals surface area contributed by atoms with Gasteiger partial charge in [-0.05, 0) is 19.4 Å². The molecule has 5 nitrogen and oxygen atoms in total. The average Bonchev–Trinajstić information content (AvgIpc) is 2.77. The van der Waals surface area contributed by atoms with Crippen LogP contribution in [0.2, 0.25) is 0 Å². The van der Waals surface area contributed by atoms with Crippen LogP contribution in [0.1, 0.15) is 12.8 Å². The maximum absolute atomic E-state index is 11.7. The zero-order valence-corrected chi connectivity index (χ0v) is 9.87. The van der Waals surface area contributed by atoms with Crippen molar-refractivity contribution < 1.29 is 9.53 Å². The molecule has 0 radical (unpaired) electrons. The van der Waals surface area contributed by atoms with Crippen LogP contribution in [0, 0.1) is 0 Å². The molecule has 0 aromatic heterocycles. The molecule has 92 valence electrons. The van der Waals surface area contributed by atoms with E-state index in [-0.39, 0.29) is 18.1 Å². The van der Waals surface area contributed by atoms with Crippen molar-refractivity contribution in [1.82, 2.24) is 15.5 Å². The molecule has 2 atom stereocenters. The molecule has 2 heterocycles. The van der Waals surface area contributed by atoms with Crippen LogP contribution in [0.25, 0.3) is 0 Å². The molecule has 2 aliphatic heterocycles. The molecule has 0 aromatic rings. The number of hydrogen-bond donors (Lipinski definition) is 2. The largest absolute Gasteiger partial charge is 0.374 e. The highest BCUT2D eigenvalue weighted by Gasteiger charge is 2.31. The van der Waals surface area contributed by atoms with Crippen molar-refractivity contribution in [2.45, 2.75) is 25.0 Å². The second kappa shape index (κ2) is 5.61. The van der Waals surface area contributed by atoms with E-state index in [1.807, 2.05) is 0 Å². The Morgan fingerprint density at radius 1 is 1.62 bits per heavy atom. The lowest BCUT2D eigenvalue weighted by atomic mass is 10.2. The van der Waals surface area contributed by atoms with E-state index in [0.29, 0.717) is 0 Å². The molecule has 5 heteroatoms. The van der Waals surface area contributed by atoms with Gasteiger partial charge in [-0.1, -0.05) is 0 Å². The van der Waals surface area contributed by atoms with Crippen LogP contribution in [0.4, 0.5) is 0 Å². The van der Waals surface area contributed by atoms with Crippen LogP contribution in [0.15, 0.2) is 0 Å². The van der Waals surface area contributed by atoms with E-state index < -0.39 is 0 Å². The summed E-state index contributed by atoms with van der Waals surface area (Å²) in [5.41, 5.74) is 0. The smallest absolute Gasteiger partial charge is 0.237 e. The van der Waals surface area contributed by atoms with Crippen LogP contribution >= 0.6 is 0 Å². The van der Waals surface area contributed by atoms with Crippen LogP contribution in [-0.4, -0.2) is 62.8 Å². The van der Waals surface area contributed by atoms with Crippen LogP contribution < -0.4 is 10.6 Å². The van der Waals surface area contributed by atoms with Crippen molar-refractivity contribution in [3.8, 4) is 0 Å². The second-order valence-corrected chi connectivity index (χ2v) is 4.46. The van der Waals surface area contributed by atoms with E-state index in [1.54, 1.807) is 7.05 Å². The molecule has 1 amide bonds. The first-order valence-electron chi connectivity index (χ1n) is 6.09. The number of carbonyl (C=O) groups is 1. The molecule has 0 spiro atoms. The van der Waals surface area contributed by atoms with E-state index in [0.717, 1.165) is 45.6 Å². The van der Waals surface area contributed by atoms with E-state index >= 15 is 0 Å². The molecular weight excluding hydrogens is 206 g/mol. The second-order valence-electron chi connectivity index (χ2n) is 4.46. The minimum Gasteiger partial charge on any atom is -0.374 e. The lowest BCUT2D eigenvalue weighted by molar-refractivity contribution is -0.125. The monoisotopic (exact) mass is 227 g/mol. The van der Waals surface area contributed by atoms with Crippen LogP contribution in [0.3, 0.4) is 0 Å². The Morgan fingerprint density at radius 3 is 3.19 bits per heavy atom. The van der Waals surface area contributed by atoms with Crippen molar-refractivity contribution in [3.05, 3.63) is 0 Å². The van der Waals surface area contributed by atoms with Gasteiger partial charge in [-0.2, -0.15) is 0 Å². The summed E-state index contributed by atoms with van der Waals surface area (Å²) >= 11 is 0. The third-order valence-electron chi connectivity index (χ3n) is 3.36. The van der Waals surface area contributed by atoms with Gasteiger partial charge in [0.05, 0.1) is 18.8 Å². The van der Waals surface area contributed by atoms with Gasteiger partial charge in [-0.25, -0.2) is 0 Å². The van der Waals surface area contributed by atoms with Gasteiger partial charge in [0.25, 0.3) is 0 Å². The van der Waals surface area contributed by atoms with Gasteiger partial charge >= 0.3 is 0 Å². The zero-order valence-electron chi connectivity index (χ0n) is 9.87. The fourth-order valence-corrected chi connectivity index (χ4v) is 2.51. The average molecular weight is 227 g/mol. The van der Waals surface area contributed by atoms with Gasteiger partial charge < -0.3 is 15.4 Å². The highest BCUT2D eigenvalue weighted by molar-refractivity contribution is 5.81. The van der Waals surface area contributed by atoms with E-state index in [9.17, 15) is 4.79 Å². The summed E-state index contributed by atoms with van der Waals surface area (Å²) in [6.07, 6.45) is 2.32. The Morgan fingerprint density at radius 2 is 2.50 bits per heavy atom. The number of amides is 1. The summed E-state index contributed by atoms with van der Waals surface area (Å²) in [6, 6.07) is 0.0514. The molecule has 0 saturated carbocycles. The normalized spacial score (nSPS) is 31.6. The first-order chi connectivity index (χ1) is 7.81. The van der Waals surface area contributed by atoms with E-state index in [2.05, 4.69) is 15.5 Å². The summed E-state index contributed by atoms with van der Waals surface area (Å²) in [5.74, 6) is 0.140. The Labute approximate surface area is 96.5 Å². The predicted octanol–water partition coefficient (Wildman–Crippen LogP) is -0.815. The van der Waals surface area contributed by atoms with Crippen molar-refractivity contribution >= 4 is 5.91 Å². The summed E-state index contributed by atoms with van der Waals surface area (Å²) in [5, 5.41) is 6.05. The van der Waals surface area contributed by atoms with Crippen LogP contribution in [-0.2, 0) is 9.53 Å². The third-order valence-corrected chi connectivity index (χ3v) is 3.36. The molecule has 16 heavy (non-hydrogen) atoms. The number of nitrogens with one attached hydrogen (secondary N) is 2. The Balaban J connectivity index is 1.85. The standard InChI is InChI=1S/C11H21N3O2/c1-12-11(15)10-3-2-5-14(10)8-9-7-13-4-6-16-9/h9-10,13H,2-8H2,1H3,(H,12,15). The van der Waals surface area contributed by atoms with Gasteiger partial charge in [0.2, 0.25) is 5.91 Å². The molecule has 2 unspecified atom stereocenters. The fraction of sp³-hybridized carbons (Fsp3) is 0.909. The van der Waals surface area contributed by atoms with Gasteiger partial charge in [0.15, 0.2) is 0 Å². The Kier molecular flexibility index (Phi) is 4.15. The van der Waals surface area contributed by atoms with Crippen molar-refractivity contribution in [3.63, 3.8) is 0 Å². The summed E-state index contributed by atoms with van der Waals surface area (Å²) in [6.45, 7) is 4.50. The summed E-state index contributed by atoms with van der Waals surface area (Å²) < 4.78 is 5.67. The quantitative estimate of drug-likeness (QED) is 0.662. The maximum Gasteiger partial charge on any atom is 0.237 e. The molecule has 2 saturated heterocycles. The van der Waals surface area contributed by atoms with Crippen LogP contribution in [0.5, 0.6) is 0 Å². The van der Waals surface area contributed by atoms with Crippen molar-refractivity contribution in [2.75, 3.05) is 39.8 Å². The first-order valence-corrected chi connectivity index (χ1v) is 6.09. The van der Waals surface area contributed by atoms with E-state index in [4.69, 9.17) is 4.74 Å². The number of likely N-dealkylation sites (N-methyl/N-ethyl adjacent to an activating group) is 1. The molecule has 2 fully saturated rings. The summed E-state index contributed by atoms with van der Waals surface area (Å²) in [4.78, 5) is 13.9.